The molecule has 1 amide bonds. The molecular formula is C16H22N2O2S. The van der Waals surface area contributed by atoms with Crippen molar-refractivity contribution in [1.82, 2.24) is 5.32 Å². The van der Waals surface area contributed by atoms with Crippen LogP contribution in [0.3, 0.4) is 0 Å². The fourth-order valence-electron chi connectivity index (χ4n) is 1.82. The highest BCUT2D eigenvalue weighted by molar-refractivity contribution is 7.98. The number of ether oxygens (including phenoxy) is 1. The Labute approximate surface area is 130 Å². The zero-order valence-electron chi connectivity index (χ0n) is 12.7. The van der Waals surface area contributed by atoms with Crippen LogP contribution in [-0.2, 0) is 0 Å². The highest BCUT2D eigenvalue weighted by Gasteiger charge is 2.13. The first-order valence-corrected chi connectivity index (χ1v) is 8.22. The van der Waals surface area contributed by atoms with Crippen LogP contribution in [0.15, 0.2) is 18.2 Å². The Morgan fingerprint density at radius 1 is 1.52 bits per heavy atom. The minimum atomic E-state index is -0.0886. The van der Waals surface area contributed by atoms with E-state index in [4.69, 9.17) is 10.5 Å². The van der Waals surface area contributed by atoms with Gasteiger partial charge in [0.05, 0.1) is 19.2 Å². The number of carbonyl (C=O) groups excluding carboxylic acids is 1. The summed E-state index contributed by atoms with van der Waals surface area (Å²) in [6.45, 7) is 2.33. The molecule has 5 heteroatoms. The number of nitrogens with one attached hydrogen (secondary N) is 1. The number of nitrogens with two attached hydrogens (primary N) is 1. The third-order valence-electron chi connectivity index (χ3n) is 2.98. The lowest BCUT2D eigenvalue weighted by atomic mass is 10.1. The molecule has 0 radical (unpaired) electrons. The van der Waals surface area contributed by atoms with Crippen LogP contribution in [0.25, 0.3) is 0 Å². The van der Waals surface area contributed by atoms with Crippen molar-refractivity contribution in [2.24, 2.45) is 5.73 Å². The minimum Gasteiger partial charge on any atom is -0.495 e. The lowest BCUT2D eigenvalue weighted by molar-refractivity contribution is 0.0940. The van der Waals surface area contributed by atoms with Gasteiger partial charge in [-0.3, -0.25) is 4.79 Å². The summed E-state index contributed by atoms with van der Waals surface area (Å²) in [5.41, 5.74) is 6.64. The molecule has 0 aliphatic heterocycles. The van der Waals surface area contributed by atoms with Gasteiger partial charge in [0.1, 0.15) is 5.75 Å². The first kappa shape index (κ1) is 17.4. The number of hydrogen-bond donors (Lipinski definition) is 2. The second-order valence-electron chi connectivity index (χ2n) is 4.45. The van der Waals surface area contributed by atoms with E-state index >= 15 is 0 Å². The van der Waals surface area contributed by atoms with E-state index in [1.165, 1.54) is 0 Å². The Bertz CT molecular complexity index is 535. The van der Waals surface area contributed by atoms with Crippen molar-refractivity contribution in [3.63, 3.8) is 0 Å². The molecule has 0 spiro atoms. The van der Waals surface area contributed by atoms with Crippen molar-refractivity contribution in [3.8, 4) is 17.6 Å². The topological polar surface area (TPSA) is 64.3 Å². The Hall–Kier alpha value is -1.64. The fourth-order valence-corrected chi connectivity index (χ4v) is 2.55. The quantitative estimate of drug-likeness (QED) is 0.788. The van der Waals surface area contributed by atoms with E-state index < -0.39 is 0 Å². The maximum atomic E-state index is 12.3. The number of methoxy groups -OCH3 is 1. The lowest BCUT2D eigenvalue weighted by Crippen LogP contribution is -2.36. The lowest BCUT2D eigenvalue weighted by Gasteiger charge is -2.16. The van der Waals surface area contributed by atoms with E-state index in [0.717, 1.165) is 12.2 Å². The molecule has 0 saturated carbocycles. The smallest absolute Gasteiger partial charge is 0.251 e. The standard InChI is InChI=1S/C16H22N2O2S/c1-4-14(11-21-3)18-16(19)13-7-8-15(20-2)12(10-13)6-5-9-17/h7-8,10,14H,4,9,11,17H2,1-3H3,(H,18,19). The van der Waals surface area contributed by atoms with Crippen LogP contribution in [0.4, 0.5) is 0 Å². The van der Waals surface area contributed by atoms with Gasteiger partial charge < -0.3 is 15.8 Å². The van der Waals surface area contributed by atoms with Crippen LogP contribution in [0.5, 0.6) is 5.75 Å². The molecule has 0 aliphatic carbocycles. The SMILES string of the molecule is CCC(CSC)NC(=O)c1ccc(OC)c(C#CCN)c1. The van der Waals surface area contributed by atoms with Crippen molar-refractivity contribution >= 4 is 17.7 Å². The van der Waals surface area contributed by atoms with Gasteiger partial charge in [0, 0.05) is 17.4 Å². The second kappa shape index (κ2) is 9.32. The molecule has 0 aromatic heterocycles. The van der Waals surface area contributed by atoms with Gasteiger partial charge in [0.2, 0.25) is 0 Å². The maximum absolute atomic E-state index is 12.3. The van der Waals surface area contributed by atoms with E-state index in [1.54, 1.807) is 37.1 Å². The van der Waals surface area contributed by atoms with Crippen LogP contribution in [0.1, 0.15) is 29.3 Å². The van der Waals surface area contributed by atoms with Crippen LogP contribution in [0, 0.1) is 11.8 Å². The Morgan fingerprint density at radius 2 is 2.29 bits per heavy atom. The molecule has 3 N–H and O–H groups in total. The van der Waals surface area contributed by atoms with Crippen molar-refractivity contribution < 1.29 is 9.53 Å². The number of thioether (sulfide) groups is 1. The largest absolute Gasteiger partial charge is 0.495 e. The second-order valence-corrected chi connectivity index (χ2v) is 5.37. The predicted molar refractivity (Wildman–Crippen MR) is 88.9 cm³/mol. The molecule has 1 aromatic carbocycles. The average molecular weight is 306 g/mol. The molecule has 0 saturated heterocycles. The van der Waals surface area contributed by atoms with Crippen molar-refractivity contribution in [2.75, 3.05) is 25.7 Å². The van der Waals surface area contributed by atoms with E-state index in [2.05, 4.69) is 24.1 Å². The summed E-state index contributed by atoms with van der Waals surface area (Å²) in [6.07, 6.45) is 2.94. The summed E-state index contributed by atoms with van der Waals surface area (Å²) >= 11 is 1.72. The zero-order chi connectivity index (χ0) is 15.7. The summed E-state index contributed by atoms with van der Waals surface area (Å²) < 4.78 is 5.24. The summed E-state index contributed by atoms with van der Waals surface area (Å²) in [5.74, 6) is 7.16. The molecule has 21 heavy (non-hydrogen) atoms. The predicted octanol–water partition coefficient (Wildman–Crippen LogP) is 1.88. The Balaban J connectivity index is 2.94. The number of rotatable bonds is 6. The van der Waals surface area contributed by atoms with Crippen LogP contribution >= 0.6 is 11.8 Å². The third-order valence-corrected chi connectivity index (χ3v) is 3.72. The first-order chi connectivity index (χ1) is 10.2. The van der Waals surface area contributed by atoms with Gasteiger partial charge in [0.25, 0.3) is 5.91 Å². The van der Waals surface area contributed by atoms with Crippen LogP contribution < -0.4 is 15.8 Å². The summed E-state index contributed by atoms with van der Waals surface area (Å²) in [7, 11) is 1.58. The molecule has 0 heterocycles. The van der Waals surface area contributed by atoms with Gasteiger partial charge in [-0.2, -0.15) is 11.8 Å². The first-order valence-electron chi connectivity index (χ1n) is 6.83. The van der Waals surface area contributed by atoms with Gasteiger partial charge in [-0.1, -0.05) is 18.8 Å². The third kappa shape index (κ3) is 5.33. The highest BCUT2D eigenvalue weighted by Crippen LogP contribution is 2.19. The normalized spacial score (nSPS) is 11.2. The molecule has 0 bridgehead atoms. The molecule has 4 nitrogen and oxygen atoms in total. The maximum Gasteiger partial charge on any atom is 0.251 e. The average Bonchev–Trinajstić information content (AvgIpc) is 2.51. The van der Waals surface area contributed by atoms with E-state index in [-0.39, 0.29) is 18.5 Å². The van der Waals surface area contributed by atoms with Crippen LogP contribution in [0.2, 0.25) is 0 Å². The number of amides is 1. The molecule has 0 aliphatic rings. The van der Waals surface area contributed by atoms with Gasteiger partial charge in [-0.15, -0.1) is 0 Å². The molecular weight excluding hydrogens is 284 g/mol. The molecule has 114 valence electrons. The molecule has 1 aromatic rings. The summed E-state index contributed by atoms with van der Waals surface area (Å²) in [5, 5.41) is 3.03. The molecule has 1 unspecified atom stereocenters. The summed E-state index contributed by atoms with van der Waals surface area (Å²) in [6, 6.07) is 5.41. The molecule has 0 fully saturated rings. The number of benzene rings is 1. The van der Waals surface area contributed by atoms with Gasteiger partial charge >= 0.3 is 0 Å². The summed E-state index contributed by atoms with van der Waals surface area (Å²) in [4.78, 5) is 12.3. The zero-order valence-corrected chi connectivity index (χ0v) is 13.5. The van der Waals surface area contributed by atoms with Crippen LogP contribution in [-0.4, -0.2) is 37.6 Å². The highest BCUT2D eigenvalue weighted by atomic mass is 32.2. The molecule has 1 atom stereocenters. The van der Waals surface area contributed by atoms with E-state index in [9.17, 15) is 4.79 Å². The van der Waals surface area contributed by atoms with Crippen molar-refractivity contribution in [2.45, 2.75) is 19.4 Å². The Morgan fingerprint density at radius 3 is 2.86 bits per heavy atom. The van der Waals surface area contributed by atoms with Gasteiger partial charge in [-0.25, -0.2) is 0 Å². The van der Waals surface area contributed by atoms with Gasteiger partial charge in [0.15, 0.2) is 0 Å². The van der Waals surface area contributed by atoms with Crippen molar-refractivity contribution in [3.05, 3.63) is 29.3 Å². The van der Waals surface area contributed by atoms with E-state index in [0.29, 0.717) is 16.9 Å². The fraction of sp³-hybridized carbons (Fsp3) is 0.438. The number of carbonyl (C=O) groups is 1. The Kier molecular flexibility index (Phi) is 7.73. The minimum absolute atomic E-state index is 0.0886. The number of hydrogen-bond acceptors (Lipinski definition) is 4. The van der Waals surface area contributed by atoms with Gasteiger partial charge in [-0.05, 0) is 30.9 Å². The van der Waals surface area contributed by atoms with E-state index in [1.807, 2.05) is 6.26 Å². The van der Waals surface area contributed by atoms with Crippen molar-refractivity contribution in [1.29, 1.82) is 0 Å². The molecule has 1 rings (SSSR count). The monoisotopic (exact) mass is 306 g/mol.